The lowest BCUT2D eigenvalue weighted by Gasteiger charge is -2.45. The summed E-state index contributed by atoms with van der Waals surface area (Å²) in [7, 11) is 1.61. The molecule has 184 valence electrons. The second-order valence-electron chi connectivity index (χ2n) is 9.38. The number of hydrogen-bond acceptors (Lipinski definition) is 8. The maximum Gasteiger partial charge on any atom is 0.271 e. The molecule has 1 unspecified atom stereocenters. The number of aromatic nitrogens is 3. The first kappa shape index (κ1) is 24.2. The molecule has 2 aromatic rings. The fourth-order valence-corrected chi connectivity index (χ4v) is 4.71. The number of amides is 1. The van der Waals surface area contributed by atoms with Gasteiger partial charge in [0.1, 0.15) is 5.82 Å². The van der Waals surface area contributed by atoms with Crippen LogP contribution in [0.2, 0.25) is 0 Å². The second-order valence-corrected chi connectivity index (χ2v) is 9.38. The van der Waals surface area contributed by atoms with Crippen LogP contribution >= 0.6 is 0 Å². The Morgan fingerprint density at radius 2 is 2.09 bits per heavy atom. The zero-order valence-corrected chi connectivity index (χ0v) is 20.3. The van der Waals surface area contributed by atoms with E-state index in [9.17, 15) is 14.7 Å². The van der Waals surface area contributed by atoms with Gasteiger partial charge in [-0.3, -0.25) is 9.59 Å². The van der Waals surface area contributed by atoms with Gasteiger partial charge in [-0.2, -0.15) is 5.10 Å². The molecule has 0 saturated carbocycles. The first-order chi connectivity index (χ1) is 16.2. The van der Waals surface area contributed by atoms with Crippen LogP contribution in [-0.2, 0) is 23.0 Å². The Kier molecular flexibility index (Phi) is 7.18. The van der Waals surface area contributed by atoms with Crippen LogP contribution in [0.5, 0.6) is 0 Å². The average Bonchev–Trinajstić information content (AvgIpc) is 2.83. The molecule has 2 aliphatic rings. The normalized spacial score (nSPS) is 19.3. The molecule has 4 rings (SSSR count). The van der Waals surface area contributed by atoms with Crippen LogP contribution < -0.4 is 15.8 Å². The quantitative estimate of drug-likeness (QED) is 0.606. The van der Waals surface area contributed by atoms with Crippen LogP contribution in [0.1, 0.15) is 30.0 Å². The Morgan fingerprint density at radius 1 is 1.29 bits per heavy atom. The van der Waals surface area contributed by atoms with Crippen molar-refractivity contribution in [1.29, 1.82) is 0 Å². The summed E-state index contributed by atoms with van der Waals surface area (Å²) in [6.45, 7) is 7.73. The van der Waals surface area contributed by atoms with Crippen LogP contribution in [0.3, 0.4) is 0 Å². The Labute approximate surface area is 199 Å². The highest BCUT2D eigenvalue weighted by Gasteiger charge is 2.35. The summed E-state index contributed by atoms with van der Waals surface area (Å²) in [4.78, 5) is 33.5. The van der Waals surface area contributed by atoms with Crippen molar-refractivity contribution in [3.05, 3.63) is 45.5 Å². The summed E-state index contributed by atoms with van der Waals surface area (Å²) in [5, 5.41) is 17.7. The number of aryl methyl sites for hydroxylation is 3. The molecule has 0 aliphatic carbocycles. The maximum absolute atomic E-state index is 12.8. The molecular weight excluding hydrogens is 436 g/mol. The van der Waals surface area contributed by atoms with E-state index >= 15 is 0 Å². The number of nitrogens with one attached hydrogen (secondary N) is 1. The summed E-state index contributed by atoms with van der Waals surface area (Å²) >= 11 is 0. The number of aliphatic hydroxyl groups excluding tert-OH is 1. The molecule has 2 aromatic heterocycles. The molecule has 1 fully saturated rings. The van der Waals surface area contributed by atoms with E-state index in [1.807, 2.05) is 13.1 Å². The highest BCUT2D eigenvalue weighted by atomic mass is 16.5. The minimum absolute atomic E-state index is 0.0762. The van der Waals surface area contributed by atoms with Crippen LogP contribution in [0.25, 0.3) is 0 Å². The van der Waals surface area contributed by atoms with Gasteiger partial charge in [-0.15, -0.1) is 0 Å². The van der Waals surface area contributed by atoms with Crippen molar-refractivity contribution in [2.75, 3.05) is 43.1 Å². The van der Waals surface area contributed by atoms with Crippen molar-refractivity contribution in [1.82, 2.24) is 19.7 Å². The summed E-state index contributed by atoms with van der Waals surface area (Å²) in [5.41, 5.74) is 3.50. The van der Waals surface area contributed by atoms with Crippen molar-refractivity contribution in [3.8, 4) is 0 Å². The lowest BCUT2D eigenvalue weighted by Crippen LogP contribution is -2.58. The lowest BCUT2D eigenvalue weighted by molar-refractivity contribution is -0.144. The lowest BCUT2D eigenvalue weighted by atomic mass is 9.95. The molecule has 1 saturated heterocycles. The molecule has 10 nitrogen and oxygen atoms in total. The van der Waals surface area contributed by atoms with Crippen molar-refractivity contribution in [2.45, 2.75) is 51.8 Å². The van der Waals surface area contributed by atoms with Gasteiger partial charge >= 0.3 is 0 Å². The van der Waals surface area contributed by atoms with Gasteiger partial charge in [-0.05, 0) is 44.7 Å². The van der Waals surface area contributed by atoms with E-state index in [0.29, 0.717) is 30.9 Å². The predicted molar refractivity (Wildman–Crippen MR) is 129 cm³/mol. The number of hydrogen-bond donors (Lipinski definition) is 2. The fraction of sp³-hybridized carbons (Fsp3) is 0.583. The smallest absolute Gasteiger partial charge is 0.271 e. The molecule has 34 heavy (non-hydrogen) atoms. The molecule has 0 bridgehead atoms. The van der Waals surface area contributed by atoms with Crippen LogP contribution in [0, 0.1) is 13.8 Å². The Morgan fingerprint density at radius 3 is 2.88 bits per heavy atom. The van der Waals surface area contributed by atoms with Crippen LogP contribution in [-0.4, -0.2) is 81.7 Å². The zero-order chi connectivity index (χ0) is 24.4. The average molecular weight is 471 g/mol. The molecule has 2 aliphatic heterocycles. The summed E-state index contributed by atoms with van der Waals surface area (Å²) in [6.07, 6.45) is 4.21. The molecule has 0 radical (unpaired) electrons. The third-order valence-corrected chi connectivity index (χ3v) is 6.60. The predicted octanol–water partition coefficient (Wildman–Crippen LogP) is 0.634. The summed E-state index contributed by atoms with van der Waals surface area (Å²) in [6, 6.07) is 2.28. The Balaban J connectivity index is 1.25. The number of aliphatic hydroxyl groups is 1. The fourth-order valence-electron chi connectivity index (χ4n) is 4.71. The number of rotatable bonds is 7. The Hall–Kier alpha value is -2.98. The number of ether oxygens (including phenoxy) is 1. The molecule has 10 heteroatoms. The van der Waals surface area contributed by atoms with Crippen LogP contribution in [0.4, 0.5) is 11.5 Å². The van der Waals surface area contributed by atoms with Gasteiger partial charge in [0.15, 0.2) is 6.10 Å². The van der Waals surface area contributed by atoms with E-state index in [0.717, 1.165) is 18.7 Å². The van der Waals surface area contributed by atoms with Gasteiger partial charge in [0.25, 0.3) is 11.5 Å². The van der Waals surface area contributed by atoms with Gasteiger partial charge in [-0.1, -0.05) is 6.07 Å². The first-order valence-electron chi connectivity index (χ1n) is 11.8. The van der Waals surface area contributed by atoms with Crippen molar-refractivity contribution in [3.63, 3.8) is 0 Å². The number of anilines is 2. The number of carbonyl (C=O) groups is 1. The van der Waals surface area contributed by atoms with E-state index in [4.69, 9.17) is 4.74 Å². The largest absolute Gasteiger partial charge is 0.381 e. The molecular formula is C24H34N6O4. The molecule has 0 aromatic carbocycles. The van der Waals surface area contributed by atoms with Gasteiger partial charge in [0.2, 0.25) is 0 Å². The monoisotopic (exact) mass is 470 g/mol. The van der Waals surface area contributed by atoms with E-state index in [1.54, 1.807) is 25.1 Å². The highest BCUT2D eigenvalue weighted by molar-refractivity contribution is 5.81. The van der Waals surface area contributed by atoms with Gasteiger partial charge < -0.3 is 25.0 Å². The van der Waals surface area contributed by atoms with Crippen molar-refractivity contribution in [2.24, 2.45) is 7.05 Å². The van der Waals surface area contributed by atoms with E-state index in [1.165, 1.54) is 15.8 Å². The van der Waals surface area contributed by atoms with E-state index < -0.39 is 6.10 Å². The standard InChI is InChI=1S/C24H34N6O4/c1-15-9-18-5-6-19-12-29(7-8-30(19)22(18)25-10-15)24(33)21(31)14-34-13-16(2)27-20-11-26-28(4)23(32)17(20)3/h9-11,16,19,21,27,31H,5-8,12-14H2,1-4H3/t16-,19?,21+/m0/s1. The third-order valence-electron chi connectivity index (χ3n) is 6.60. The summed E-state index contributed by atoms with van der Waals surface area (Å²) in [5.74, 6) is 0.732. The van der Waals surface area contributed by atoms with Gasteiger partial charge in [0.05, 0.1) is 25.1 Å². The maximum atomic E-state index is 12.8. The third kappa shape index (κ3) is 5.07. The second kappa shape index (κ2) is 10.1. The SMILES string of the molecule is Cc1cnc2c(c1)CCC1CN(C(=O)[C@H](O)COC[C@H](C)Nc3cnn(C)c(=O)c3C)CCN21. The van der Waals surface area contributed by atoms with Crippen LogP contribution in [0.15, 0.2) is 23.3 Å². The molecule has 1 amide bonds. The molecule has 2 N–H and O–H groups in total. The first-order valence-corrected chi connectivity index (χ1v) is 11.8. The number of carbonyl (C=O) groups excluding carboxylic acids is 1. The minimum atomic E-state index is -1.21. The molecule has 3 atom stereocenters. The topological polar surface area (TPSA) is 113 Å². The number of pyridine rings is 1. The van der Waals surface area contributed by atoms with Gasteiger partial charge in [0, 0.05) is 50.5 Å². The minimum Gasteiger partial charge on any atom is -0.381 e. The summed E-state index contributed by atoms with van der Waals surface area (Å²) < 4.78 is 6.90. The van der Waals surface area contributed by atoms with Crippen molar-refractivity contribution >= 4 is 17.4 Å². The number of piperazine rings is 1. The molecule has 0 spiro atoms. The van der Waals surface area contributed by atoms with E-state index in [2.05, 4.69) is 33.3 Å². The number of fused-ring (bicyclic) bond motifs is 3. The molecule has 4 heterocycles. The zero-order valence-electron chi connectivity index (χ0n) is 20.3. The number of nitrogens with zero attached hydrogens (tertiary/aromatic N) is 5. The Bertz CT molecular complexity index is 1100. The van der Waals surface area contributed by atoms with Gasteiger partial charge in [-0.25, -0.2) is 9.67 Å². The highest BCUT2D eigenvalue weighted by Crippen LogP contribution is 2.31. The van der Waals surface area contributed by atoms with E-state index in [-0.39, 0.29) is 36.8 Å². The van der Waals surface area contributed by atoms with Crippen molar-refractivity contribution < 1.29 is 14.6 Å².